The zero-order chi connectivity index (χ0) is 14.7. The zero-order valence-electron chi connectivity index (χ0n) is 11.6. The minimum atomic E-state index is 0.122. The summed E-state index contributed by atoms with van der Waals surface area (Å²) in [5.41, 5.74) is 1.94. The van der Waals surface area contributed by atoms with E-state index in [4.69, 9.17) is 16.3 Å². The molecule has 0 spiro atoms. The minimum Gasteiger partial charge on any atom is -0.494 e. The van der Waals surface area contributed by atoms with Gasteiger partial charge < -0.3 is 9.64 Å². The lowest BCUT2D eigenvalue weighted by Gasteiger charge is -2.15. The molecule has 3 rings (SSSR count). The molecule has 0 bridgehead atoms. The molecular formula is C17H16ClNO2. The van der Waals surface area contributed by atoms with Gasteiger partial charge in [0.1, 0.15) is 5.75 Å². The van der Waals surface area contributed by atoms with E-state index in [0.717, 1.165) is 23.3 Å². The highest BCUT2D eigenvalue weighted by Gasteiger charge is 2.25. The number of hydrogen-bond donors (Lipinski definition) is 0. The van der Waals surface area contributed by atoms with Crippen molar-refractivity contribution >= 4 is 17.5 Å². The molecule has 0 atom stereocenters. The van der Waals surface area contributed by atoms with Crippen LogP contribution in [0.3, 0.4) is 0 Å². The highest BCUT2D eigenvalue weighted by atomic mass is 35.5. The van der Waals surface area contributed by atoms with Crippen molar-refractivity contribution in [2.24, 2.45) is 0 Å². The van der Waals surface area contributed by atoms with Crippen LogP contribution in [0.5, 0.6) is 5.75 Å². The van der Waals surface area contributed by atoms with Crippen LogP contribution in [0.1, 0.15) is 22.3 Å². The molecule has 0 aromatic heterocycles. The highest BCUT2D eigenvalue weighted by Crippen LogP contribution is 2.22. The summed E-state index contributed by atoms with van der Waals surface area (Å²) >= 11 is 5.82. The molecule has 1 heterocycles. The molecule has 1 aliphatic rings. The quantitative estimate of drug-likeness (QED) is 0.787. The number of ether oxygens (including phenoxy) is 1. The maximum absolute atomic E-state index is 12.2. The van der Waals surface area contributed by atoms with Crippen molar-refractivity contribution in [2.75, 3.05) is 13.2 Å². The van der Waals surface area contributed by atoms with Crippen molar-refractivity contribution in [1.82, 2.24) is 4.90 Å². The van der Waals surface area contributed by atoms with Crippen molar-refractivity contribution < 1.29 is 9.53 Å². The molecule has 0 unspecified atom stereocenters. The lowest BCUT2D eigenvalue weighted by atomic mass is 10.1. The summed E-state index contributed by atoms with van der Waals surface area (Å²) in [7, 11) is 0. The molecule has 4 heteroatoms. The van der Waals surface area contributed by atoms with E-state index >= 15 is 0 Å². The maximum Gasteiger partial charge on any atom is 0.254 e. The van der Waals surface area contributed by atoms with Crippen LogP contribution in [0.25, 0.3) is 0 Å². The fourth-order valence-electron chi connectivity index (χ4n) is 2.47. The maximum atomic E-state index is 12.2. The second kappa shape index (κ2) is 6.19. The number of benzene rings is 2. The molecule has 0 radical (unpaired) electrons. The molecule has 21 heavy (non-hydrogen) atoms. The van der Waals surface area contributed by atoms with Gasteiger partial charge in [0.15, 0.2) is 0 Å². The Bertz CT molecular complexity index is 639. The van der Waals surface area contributed by atoms with Gasteiger partial charge in [-0.25, -0.2) is 0 Å². The van der Waals surface area contributed by atoms with Gasteiger partial charge in [-0.2, -0.15) is 0 Å². The van der Waals surface area contributed by atoms with E-state index in [2.05, 4.69) is 0 Å². The third kappa shape index (κ3) is 3.19. The molecule has 108 valence electrons. The number of rotatable bonds is 5. The summed E-state index contributed by atoms with van der Waals surface area (Å²) in [6, 6.07) is 15.1. The predicted octanol–water partition coefficient (Wildman–Crippen LogP) is 3.76. The van der Waals surface area contributed by atoms with Crippen molar-refractivity contribution in [3.63, 3.8) is 0 Å². The van der Waals surface area contributed by atoms with Crippen LogP contribution in [-0.2, 0) is 6.54 Å². The summed E-state index contributed by atoms with van der Waals surface area (Å²) < 4.78 is 5.64. The second-order valence-corrected chi connectivity index (χ2v) is 5.48. The summed E-state index contributed by atoms with van der Waals surface area (Å²) in [5.74, 6) is 0.924. The molecular weight excluding hydrogens is 286 g/mol. The fourth-order valence-corrected chi connectivity index (χ4v) is 2.60. The van der Waals surface area contributed by atoms with E-state index in [1.807, 2.05) is 41.3 Å². The molecule has 0 N–H and O–H groups in total. The average molecular weight is 302 g/mol. The normalized spacial score (nSPS) is 13.4. The van der Waals surface area contributed by atoms with Crippen LogP contribution >= 0.6 is 11.6 Å². The Kier molecular flexibility index (Phi) is 4.11. The largest absolute Gasteiger partial charge is 0.494 e. The van der Waals surface area contributed by atoms with Crippen LogP contribution < -0.4 is 4.74 Å². The Morgan fingerprint density at radius 1 is 1.10 bits per heavy atom. The van der Waals surface area contributed by atoms with Crippen LogP contribution in [0, 0.1) is 0 Å². The van der Waals surface area contributed by atoms with E-state index in [1.54, 1.807) is 12.1 Å². The third-order valence-corrected chi connectivity index (χ3v) is 3.80. The second-order valence-electron chi connectivity index (χ2n) is 5.04. The van der Waals surface area contributed by atoms with Crippen molar-refractivity contribution in [3.8, 4) is 5.75 Å². The minimum absolute atomic E-state index is 0.122. The van der Waals surface area contributed by atoms with Gasteiger partial charge in [-0.05, 0) is 42.3 Å². The molecule has 2 aromatic rings. The van der Waals surface area contributed by atoms with Crippen molar-refractivity contribution in [1.29, 1.82) is 0 Å². The summed E-state index contributed by atoms with van der Waals surface area (Å²) in [5, 5.41) is 0.697. The Balaban J connectivity index is 1.47. The molecule has 0 saturated heterocycles. The van der Waals surface area contributed by atoms with Gasteiger partial charge in [-0.15, -0.1) is 0 Å². The number of nitrogens with zero attached hydrogens (tertiary/aromatic N) is 1. The molecule has 1 amide bonds. The van der Waals surface area contributed by atoms with Gasteiger partial charge in [-0.1, -0.05) is 29.8 Å². The van der Waals surface area contributed by atoms with Gasteiger partial charge in [0.25, 0.3) is 5.91 Å². The Hall–Kier alpha value is -2.00. The van der Waals surface area contributed by atoms with Crippen LogP contribution in [0.15, 0.2) is 48.5 Å². The first kappa shape index (κ1) is 14.0. The van der Waals surface area contributed by atoms with Crippen LogP contribution in [0.2, 0.25) is 5.02 Å². The standard InChI is InChI=1S/C17H16ClNO2/c18-14-6-8-15(9-7-14)21-11-3-10-19-12-13-4-1-2-5-16(13)17(19)20/h1-2,4-9H,3,10-12H2. The molecule has 0 aliphatic carbocycles. The first-order valence-electron chi connectivity index (χ1n) is 6.99. The van der Waals surface area contributed by atoms with Gasteiger partial charge in [0, 0.05) is 23.7 Å². The number of halogens is 1. The highest BCUT2D eigenvalue weighted by molar-refractivity contribution is 6.30. The van der Waals surface area contributed by atoms with Crippen LogP contribution in [0.4, 0.5) is 0 Å². The summed E-state index contributed by atoms with van der Waals surface area (Å²) in [6.45, 7) is 2.00. The van der Waals surface area contributed by atoms with Gasteiger partial charge in [0.2, 0.25) is 0 Å². The number of carbonyl (C=O) groups is 1. The van der Waals surface area contributed by atoms with E-state index in [1.165, 1.54) is 0 Å². The molecule has 0 saturated carbocycles. The predicted molar refractivity (Wildman–Crippen MR) is 82.7 cm³/mol. The van der Waals surface area contributed by atoms with Gasteiger partial charge in [0.05, 0.1) is 6.61 Å². The van der Waals surface area contributed by atoms with E-state index in [9.17, 15) is 4.79 Å². The summed E-state index contributed by atoms with van der Waals surface area (Å²) in [4.78, 5) is 14.0. The number of fused-ring (bicyclic) bond motifs is 1. The van der Waals surface area contributed by atoms with E-state index in [0.29, 0.717) is 24.7 Å². The van der Waals surface area contributed by atoms with E-state index in [-0.39, 0.29) is 5.91 Å². The lowest BCUT2D eigenvalue weighted by molar-refractivity contribution is 0.0770. The Morgan fingerprint density at radius 3 is 2.62 bits per heavy atom. The zero-order valence-corrected chi connectivity index (χ0v) is 12.3. The fraction of sp³-hybridized carbons (Fsp3) is 0.235. The molecule has 1 aliphatic heterocycles. The Morgan fingerprint density at radius 2 is 1.86 bits per heavy atom. The number of amides is 1. The SMILES string of the molecule is O=C1c2ccccc2CN1CCCOc1ccc(Cl)cc1. The Labute approximate surface area is 129 Å². The van der Waals surface area contributed by atoms with E-state index < -0.39 is 0 Å². The smallest absolute Gasteiger partial charge is 0.254 e. The topological polar surface area (TPSA) is 29.5 Å². The van der Waals surface area contributed by atoms with Gasteiger partial charge in [-0.3, -0.25) is 4.79 Å². The first-order valence-corrected chi connectivity index (χ1v) is 7.37. The number of carbonyl (C=O) groups excluding carboxylic acids is 1. The summed E-state index contributed by atoms with van der Waals surface area (Å²) in [6.07, 6.45) is 0.808. The van der Waals surface area contributed by atoms with Crippen molar-refractivity contribution in [3.05, 3.63) is 64.7 Å². The lowest BCUT2D eigenvalue weighted by Crippen LogP contribution is -2.26. The molecule has 2 aromatic carbocycles. The monoisotopic (exact) mass is 301 g/mol. The number of hydrogen-bond acceptors (Lipinski definition) is 2. The first-order chi connectivity index (χ1) is 10.2. The molecule has 3 nitrogen and oxygen atoms in total. The third-order valence-electron chi connectivity index (χ3n) is 3.55. The van der Waals surface area contributed by atoms with Crippen LogP contribution in [-0.4, -0.2) is 24.0 Å². The van der Waals surface area contributed by atoms with Crippen molar-refractivity contribution in [2.45, 2.75) is 13.0 Å². The molecule has 0 fully saturated rings. The average Bonchev–Trinajstić information content (AvgIpc) is 2.82. The van der Waals surface area contributed by atoms with Gasteiger partial charge >= 0.3 is 0 Å².